The Labute approximate surface area is 510 Å². The highest BCUT2D eigenvalue weighted by molar-refractivity contribution is 7.00. The zero-order valence-corrected chi connectivity index (χ0v) is 54.1. The van der Waals surface area contributed by atoms with Crippen molar-refractivity contribution in [3.8, 4) is 44.8 Å². The van der Waals surface area contributed by atoms with E-state index >= 15 is 0 Å². The van der Waals surface area contributed by atoms with Gasteiger partial charge in [-0.2, -0.15) is 0 Å². The lowest BCUT2D eigenvalue weighted by Gasteiger charge is -2.45. The van der Waals surface area contributed by atoms with Crippen LogP contribution >= 0.6 is 0 Å². The van der Waals surface area contributed by atoms with Gasteiger partial charge in [0.25, 0.3) is 6.71 Å². The van der Waals surface area contributed by atoms with Crippen molar-refractivity contribution in [2.24, 2.45) is 0 Å². The molecule has 10 aromatic carbocycles. The van der Waals surface area contributed by atoms with Crippen molar-refractivity contribution in [2.75, 3.05) is 0 Å². The van der Waals surface area contributed by atoms with Crippen LogP contribution in [0.15, 0.2) is 164 Å². The highest BCUT2D eigenvalue weighted by Crippen LogP contribution is 2.64. The molecule has 12 aromatic rings. The van der Waals surface area contributed by atoms with E-state index in [9.17, 15) is 0 Å². The van der Waals surface area contributed by atoms with Crippen LogP contribution < -0.4 is 16.4 Å². The third kappa shape index (κ3) is 7.03. The van der Waals surface area contributed by atoms with Crippen molar-refractivity contribution in [3.63, 3.8) is 0 Å². The Bertz CT molecular complexity index is 4960. The minimum Gasteiger partial charge on any atom is -0.310 e. The molecule has 1 spiro atoms. The maximum atomic E-state index is 2.85. The molecule has 0 bridgehead atoms. The van der Waals surface area contributed by atoms with Crippen LogP contribution in [-0.4, -0.2) is 15.8 Å². The predicted molar refractivity (Wildman–Crippen MR) is 371 cm³/mol. The van der Waals surface area contributed by atoms with Gasteiger partial charge in [0.1, 0.15) is 0 Å². The van der Waals surface area contributed by atoms with E-state index in [1.54, 1.807) is 0 Å². The molecule has 426 valence electrons. The summed E-state index contributed by atoms with van der Waals surface area (Å²) >= 11 is 0. The monoisotopic (exact) mass is 1120 g/mol. The second-order valence-electron chi connectivity index (χ2n) is 32.6. The lowest BCUT2D eigenvalue weighted by atomic mass is 9.33. The van der Waals surface area contributed by atoms with Crippen LogP contribution in [0.2, 0.25) is 0 Å². The molecule has 0 N–H and O–H groups in total. The van der Waals surface area contributed by atoms with E-state index in [1.807, 2.05) is 0 Å². The van der Waals surface area contributed by atoms with E-state index in [-0.39, 0.29) is 39.2 Å². The summed E-state index contributed by atoms with van der Waals surface area (Å²) in [7, 11) is 0. The number of fused-ring (bicyclic) bond motifs is 15. The number of aromatic nitrogens is 2. The van der Waals surface area contributed by atoms with Crippen LogP contribution in [0.25, 0.3) is 99.1 Å². The van der Waals surface area contributed by atoms with E-state index in [2.05, 4.69) is 298 Å². The first-order valence-electron chi connectivity index (χ1n) is 31.9. The molecule has 2 aromatic heterocycles. The smallest absolute Gasteiger partial charge is 0.252 e. The van der Waals surface area contributed by atoms with Crippen molar-refractivity contribution < 1.29 is 0 Å². The minimum absolute atomic E-state index is 0.0453. The van der Waals surface area contributed by atoms with Crippen molar-refractivity contribution in [1.29, 1.82) is 0 Å². The molecule has 0 saturated carbocycles. The number of nitrogens with zero attached hydrogens (tertiary/aromatic N) is 2. The first kappa shape index (κ1) is 53.6. The van der Waals surface area contributed by atoms with Gasteiger partial charge in [0.05, 0.1) is 22.1 Å². The lowest BCUT2D eigenvalue weighted by molar-refractivity contribution is 0.583. The number of benzene rings is 10. The Morgan fingerprint density at radius 2 is 0.709 bits per heavy atom. The summed E-state index contributed by atoms with van der Waals surface area (Å²) in [5, 5.41) is 7.93. The summed E-state index contributed by atoms with van der Waals surface area (Å²) in [5.41, 5.74) is 32.3. The van der Waals surface area contributed by atoms with Gasteiger partial charge in [-0.1, -0.05) is 252 Å². The first-order chi connectivity index (χ1) is 40.5. The zero-order chi connectivity index (χ0) is 60.2. The third-order valence-electron chi connectivity index (χ3n) is 21.0. The standard InChI is InChI=1S/C83H81BN2/c1-77(2,3)47-30-35-70-59(36-47)60-38-51(81(13,14)15)43-68-73(60)85(70)75-63(56-34-33-53(46-24-20-19-21-25-46)54-26-22-23-27-55(54)56)45-67-76-71(75)84(68)69-44-52(82(16,17)18)39-62-61-37-50(80(10,11)12)42-66(72(61)86(76)74(62)69)83(67)64-40-48(78(4,5)6)28-31-57(64)58-32-29-49(41-65(58)83)79(7,8)9/h19-45H,1-18H3. The Morgan fingerprint density at radius 3 is 1.26 bits per heavy atom. The van der Waals surface area contributed by atoms with Gasteiger partial charge in [-0.3, -0.25) is 0 Å². The number of hydrogen-bond donors (Lipinski definition) is 0. The van der Waals surface area contributed by atoms with Gasteiger partial charge in [0.15, 0.2) is 0 Å². The van der Waals surface area contributed by atoms with Gasteiger partial charge < -0.3 is 9.13 Å². The van der Waals surface area contributed by atoms with E-state index < -0.39 is 5.41 Å². The van der Waals surface area contributed by atoms with Gasteiger partial charge in [0.2, 0.25) is 0 Å². The second-order valence-corrected chi connectivity index (χ2v) is 32.6. The maximum Gasteiger partial charge on any atom is 0.252 e. The second kappa shape index (κ2) is 16.8. The summed E-state index contributed by atoms with van der Waals surface area (Å²) in [6.45, 7) is 43.3. The van der Waals surface area contributed by atoms with E-state index in [0.717, 1.165) is 0 Å². The fourth-order valence-corrected chi connectivity index (χ4v) is 16.2. The molecule has 0 fully saturated rings. The molecule has 0 unspecified atom stereocenters. The van der Waals surface area contributed by atoms with Gasteiger partial charge in [-0.25, -0.2) is 0 Å². The summed E-state index contributed by atoms with van der Waals surface area (Å²) < 4.78 is 5.64. The molecule has 0 radical (unpaired) electrons. The van der Waals surface area contributed by atoms with Crippen molar-refractivity contribution in [3.05, 3.63) is 219 Å². The molecular weight excluding hydrogens is 1040 g/mol. The zero-order valence-electron chi connectivity index (χ0n) is 54.1. The highest BCUT2D eigenvalue weighted by Gasteiger charge is 2.56. The van der Waals surface area contributed by atoms with Crippen LogP contribution in [0.5, 0.6) is 0 Å². The predicted octanol–water partition coefficient (Wildman–Crippen LogP) is 20.0. The Balaban J connectivity index is 1.22. The summed E-state index contributed by atoms with van der Waals surface area (Å²) in [4.78, 5) is 0. The maximum absolute atomic E-state index is 2.85. The fraction of sp³-hybridized carbons (Fsp3) is 0.301. The molecule has 3 aliphatic heterocycles. The Morgan fingerprint density at radius 1 is 0.291 bits per heavy atom. The lowest BCUT2D eigenvalue weighted by Crippen LogP contribution is -2.61. The molecule has 5 heterocycles. The molecule has 0 atom stereocenters. The van der Waals surface area contributed by atoms with Crippen molar-refractivity contribution in [2.45, 2.75) is 163 Å². The van der Waals surface area contributed by atoms with Crippen LogP contribution in [0.4, 0.5) is 0 Å². The fourth-order valence-electron chi connectivity index (χ4n) is 16.2. The van der Waals surface area contributed by atoms with Gasteiger partial charge >= 0.3 is 0 Å². The van der Waals surface area contributed by atoms with Gasteiger partial charge in [0, 0.05) is 43.8 Å². The van der Waals surface area contributed by atoms with E-state index in [4.69, 9.17) is 0 Å². The average Bonchev–Trinajstić information content (AvgIpc) is 1.39. The number of hydrogen-bond acceptors (Lipinski definition) is 0. The molecule has 3 heteroatoms. The van der Waals surface area contributed by atoms with Gasteiger partial charge in [-0.15, -0.1) is 0 Å². The molecule has 4 aliphatic rings. The molecule has 0 amide bonds. The molecule has 2 nitrogen and oxygen atoms in total. The van der Waals surface area contributed by atoms with E-state index in [1.165, 1.54) is 171 Å². The molecule has 1 aliphatic carbocycles. The summed E-state index contributed by atoms with van der Waals surface area (Å²) in [6.07, 6.45) is 0. The van der Waals surface area contributed by atoms with Crippen molar-refractivity contribution >= 4 is 77.5 Å². The SMILES string of the molecule is CC(C)(C)c1ccc2c(c1)C1(c3cc(C(C)(C)C)ccc3-2)c2cc(-c3ccc(-c4ccccc4)c4ccccc34)c3c4c2-n2c5c(cc(C(C)(C)C)cc5c5cc(C(C)(C)C)cc1c52)B4c1cc(C(C)(C)C)cc2c4cc(C(C)(C)C)ccc4n-3c12. The van der Waals surface area contributed by atoms with Crippen LogP contribution in [0.1, 0.15) is 180 Å². The largest absolute Gasteiger partial charge is 0.310 e. The normalized spacial score (nSPS) is 14.9. The molecule has 0 saturated heterocycles. The van der Waals surface area contributed by atoms with Crippen LogP contribution in [0, 0.1) is 0 Å². The Hall–Kier alpha value is -7.88. The summed E-state index contributed by atoms with van der Waals surface area (Å²) in [5.74, 6) is 0. The summed E-state index contributed by atoms with van der Waals surface area (Å²) in [6, 6.07) is 66.6. The molecule has 86 heavy (non-hydrogen) atoms. The van der Waals surface area contributed by atoms with Crippen molar-refractivity contribution in [1.82, 2.24) is 9.13 Å². The average molecular weight is 1120 g/mol. The highest BCUT2D eigenvalue weighted by atomic mass is 15.1. The van der Waals surface area contributed by atoms with Crippen LogP contribution in [-0.2, 0) is 37.9 Å². The number of rotatable bonds is 2. The molecule has 16 rings (SSSR count). The topological polar surface area (TPSA) is 9.86 Å². The Kier molecular flexibility index (Phi) is 10.5. The third-order valence-corrected chi connectivity index (χ3v) is 21.0. The molecular formula is C83H81BN2. The van der Waals surface area contributed by atoms with E-state index in [0.29, 0.717) is 0 Å². The van der Waals surface area contributed by atoms with Gasteiger partial charge in [-0.05, 0) is 180 Å². The van der Waals surface area contributed by atoms with Crippen LogP contribution in [0.3, 0.4) is 0 Å². The minimum atomic E-state index is -0.728. The quantitative estimate of drug-likeness (QED) is 0.153. The first-order valence-corrected chi connectivity index (χ1v) is 31.9.